The lowest BCUT2D eigenvalue weighted by Crippen LogP contribution is -2.29. The molecule has 158 valence electrons. The molecule has 0 N–H and O–H groups in total. The Labute approximate surface area is 184 Å². The Kier molecular flexibility index (Phi) is 6.74. The summed E-state index contributed by atoms with van der Waals surface area (Å²) in [6.07, 6.45) is 1.66. The number of likely N-dealkylation sites (N-methyl/N-ethyl adjacent to an activating group) is 1. The van der Waals surface area contributed by atoms with Crippen molar-refractivity contribution >= 4 is 50.5 Å². The lowest BCUT2D eigenvalue weighted by atomic mass is 10.2. The molecule has 2 aromatic rings. The molecule has 2 aromatic carbocycles. The number of amidine groups is 1. The van der Waals surface area contributed by atoms with E-state index >= 15 is 0 Å². The number of thioether (sulfide) groups is 1. The Bertz CT molecular complexity index is 1130. The van der Waals surface area contributed by atoms with Gasteiger partial charge in [0.2, 0.25) is 0 Å². The fourth-order valence-electron chi connectivity index (χ4n) is 2.71. The normalized spacial score (nSPS) is 17.1. The lowest BCUT2D eigenvalue weighted by Gasteiger charge is -2.12. The number of benzene rings is 2. The first-order chi connectivity index (χ1) is 14.3. The van der Waals surface area contributed by atoms with E-state index in [1.54, 1.807) is 31.2 Å². The molecule has 0 radical (unpaired) electrons. The minimum Gasteiger partial charge on any atom is -0.493 e. The van der Waals surface area contributed by atoms with Crippen LogP contribution >= 0.6 is 23.4 Å². The van der Waals surface area contributed by atoms with Gasteiger partial charge >= 0.3 is 0 Å². The number of carbonyl (C=O) groups is 1. The van der Waals surface area contributed by atoms with Crippen LogP contribution in [0.4, 0.5) is 0 Å². The third kappa shape index (κ3) is 4.63. The van der Waals surface area contributed by atoms with Crippen LogP contribution in [0.25, 0.3) is 6.08 Å². The highest BCUT2D eigenvalue weighted by Gasteiger charge is 2.34. The molecule has 10 heteroatoms. The molecule has 30 heavy (non-hydrogen) atoms. The van der Waals surface area contributed by atoms with Crippen molar-refractivity contribution in [2.75, 3.05) is 20.8 Å². The van der Waals surface area contributed by atoms with Crippen molar-refractivity contribution in [2.24, 2.45) is 4.40 Å². The van der Waals surface area contributed by atoms with Gasteiger partial charge in [-0.05, 0) is 66.7 Å². The quantitative estimate of drug-likeness (QED) is 0.597. The highest BCUT2D eigenvalue weighted by Crippen LogP contribution is 2.35. The van der Waals surface area contributed by atoms with Gasteiger partial charge in [0.15, 0.2) is 16.7 Å². The Morgan fingerprint density at radius 1 is 1.10 bits per heavy atom. The average Bonchev–Trinajstić information content (AvgIpc) is 3.01. The van der Waals surface area contributed by atoms with Gasteiger partial charge in [-0.1, -0.05) is 17.7 Å². The summed E-state index contributed by atoms with van der Waals surface area (Å²) in [6.45, 7) is 2.03. The second-order valence-corrected chi connectivity index (χ2v) is 9.13. The summed E-state index contributed by atoms with van der Waals surface area (Å²) in [5.74, 6) is 0.771. The molecule has 1 saturated heterocycles. The maximum Gasteiger partial charge on any atom is 0.284 e. The van der Waals surface area contributed by atoms with E-state index in [9.17, 15) is 13.2 Å². The summed E-state index contributed by atoms with van der Waals surface area (Å²) in [4.78, 5) is 14.5. The number of ether oxygens (including phenoxy) is 2. The van der Waals surface area contributed by atoms with Gasteiger partial charge in [0, 0.05) is 11.6 Å². The second-order valence-electron chi connectivity index (χ2n) is 6.08. The molecule has 0 aromatic heterocycles. The molecule has 1 heterocycles. The summed E-state index contributed by atoms with van der Waals surface area (Å²) < 4.78 is 39.7. The Hall–Kier alpha value is -2.49. The fraction of sp³-hybridized carbons (Fsp3) is 0.200. The largest absolute Gasteiger partial charge is 0.493 e. The summed E-state index contributed by atoms with van der Waals surface area (Å²) >= 11 is 6.83. The van der Waals surface area contributed by atoms with Crippen LogP contribution < -0.4 is 9.47 Å². The zero-order valence-corrected chi connectivity index (χ0v) is 18.8. The number of sulfonamides is 1. The van der Waals surface area contributed by atoms with Gasteiger partial charge in [0.25, 0.3) is 15.9 Å². The summed E-state index contributed by atoms with van der Waals surface area (Å²) in [5, 5.41) is 0.520. The van der Waals surface area contributed by atoms with Gasteiger partial charge in [-0.2, -0.15) is 8.42 Å². The van der Waals surface area contributed by atoms with E-state index in [0.29, 0.717) is 27.0 Å². The van der Waals surface area contributed by atoms with E-state index in [0.717, 1.165) is 11.8 Å². The van der Waals surface area contributed by atoms with Crippen LogP contribution in [0.1, 0.15) is 12.5 Å². The molecular weight excluding hydrogens is 448 g/mol. The molecule has 3 rings (SSSR count). The maximum absolute atomic E-state index is 12.8. The van der Waals surface area contributed by atoms with Gasteiger partial charge in [0.1, 0.15) is 0 Å². The molecule has 0 saturated carbocycles. The summed E-state index contributed by atoms with van der Waals surface area (Å²) in [7, 11) is -0.932. The number of carbonyl (C=O) groups excluding carboxylic acids is 1. The van der Waals surface area contributed by atoms with Crippen LogP contribution in [0.5, 0.6) is 11.5 Å². The first-order valence-corrected chi connectivity index (χ1v) is 11.5. The van der Waals surface area contributed by atoms with Gasteiger partial charge in [0.05, 0.1) is 24.0 Å². The molecular formula is C20H19ClN2O5S2. The highest BCUT2D eigenvalue weighted by molar-refractivity contribution is 8.19. The number of amides is 1. The second kappa shape index (κ2) is 9.11. The van der Waals surface area contributed by atoms with Crippen molar-refractivity contribution in [3.63, 3.8) is 0 Å². The van der Waals surface area contributed by atoms with Crippen molar-refractivity contribution in [3.05, 3.63) is 58.0 Å². The van der Waals surface area contributed by atoms with Crippen molar-refractivity contribution in [2.45, 2.75) is 11.8 Å². The zero-order chi connectivity index (χ0) is 21.9. The number of hydrogen-bond acceptors (Lipinski definition) is 6. The van der Waals surface area contributed by atoms with Crippen LogP contribution in [0.3, 0.4) is 0 Å². The lowest BCUT2D eigenvalue weighted by molar-refractivity contribution is -0.122. The number of methoxy groups -OCH3 is 2. The van der Waals surface area contributed by atoms with Crippen LogP contribution in [0.2, 0.25) is 5.02 Å². The highest BCUT2D eigenvalue weighted by atomic mass is 35.5. The smallest absolute Gasteiger partial charge is 0.284 e. The number of rotatable bonds is 6. The van der Waals surface area contributed by atoms with Gasteiger partial charge in [-0.15, -0.1) is 4.40 Å². The molecule has 0 unspecified atom stereocenters. The maximum atomic E-state index is 12.8. The predicted molar refractivity (Wildman–Crippen MR) is 119 cm³/mol. The number of nitrogens with zero attached hydrogens (tertiary/aromatic N) is 2. The predicted octanol–water partition coefficient (Wildman–Crippen LogP) is 4.04. The van der Waals surface area contributed by atoms with E-state index in [1.807, 2.05) is 0 Å². The summed E-state index contributed by atoms with van der Waals surface area (Å²) in [5.41, 5.74) is 0.710. The first kappa shape index (κ1) is 22.2. The van der Waals surface area contributed by atoms with Crippen molar-refractivity contribution < 1.29 is 22.7 Å². The minimum absolute atomic E-state index is 0.000761. The zero-order valence-electron chi connectivity index (χ0n) is 16.5. The van der Waals surface area contributed by atoms with Gasteiger partial charge in [-0.3, -0.25) is 9.69 Å². The molecule has 1 fully saturated rings. The Morgan fingerprint density at radius 3 is 2.37 bits per heavy atom. The molecule has 1 amide bonds. The molecule has 0 bridgehead atoms. The Morgan fingerprint density at radius 2 is 1.77 bits per heavy atom. The molecule has 0 spiro atoms. The Balaban J connectivity index is 1.96. The first-order valence-electron chi connectivity index (χ1n) is 8.83. The SMILES string of the molecule is CCN1C(=O)/C(=C/c2ccc(OC)c(OC)c2)S/C1=N\S(=O)(=O)c1ccc(Cl)cc1. The third-order valence-electron chi connectivity index (χ3n) is 4.22. The van der Waals surface area contributed by atoms with Gasteiger partial charge < -0.3 is 9.47 Å². The standard InChI is InChI=1S/C20H19ClN2O5S2/c1-4-23-19(24)18(12-13-5-10-16(27-2)17(11-13)28-3)29-20(23)22-30(25,26)15-8-6-14(21)7-9-15/h5-12H,4H2,1-3H3/b18-12-,22-20-. The van der Waals surface area contributed by atoms with Crippen molar-refractivity contribution in [3.8, 4) is 11.5 Å². The molecule has 1 aliphatic heterocycles. The van der Waals surface area contributed by atoms with E-state index in [-0.39, 0.29) is 22.5 Å². The van der Waals surface area contributed by atoms with Crippen molar-refractivity contribution in [1.29, 1.82) is 0 Å². The average molecular weight is 467 g/mol. The topological polar surface area (TPSA) is 85.3 Å². The van der Waals surface area contributed by atoms with Crippen LogP contribution in [-0.4, -0.2) is 45.2 Å². The molecule has 0 aliphatic carbocycles. The minimum atomic E-state index is -3.99. The monoisotopic (exact) mass is 466 g/mol. The molecule has 1 aliphatic rings. The van der Waals surface area contributed by atoms with E-state index in [1.165, 1.54) is 43.4 Å². The van der Waals surface area contributed by atoms with E-state index in [2.05, 4.69) is 4.40 Å². The number of halogens is 1. The van der Waals surface area contributed by atoms with Crippen LogP contribution in [0, 0.1) is 0 Å². The van der Waals surface area contributed by atoms with Crippen molar-refractivity contribution in [1.82, 2.24) is 4.90 Å². The van der Waals surface area contributed by atoms with Crippen LogP contribution in [0.15, 0.2) is 56.7 Å². The van der Waals surface area contributed by atoms with E-state index in [4.69, 9.17) is 21.1 Å². The van der Waals surface area contributed by atoms with Crippen LogP contribution in [-0.2, 0) is 14.8 Å². The molecule has 7 nitrogen and oxygen atoms in total. The van der Waals surface area contributed by atoms with E-state index < -0.39 is 10.0 Å². The third-order valence-corrected chi connectivity index (χ3v) is 6.87. The fourth-order valence-corrected chi connectivity index (χ4v) is 5.08. The van der Waals surface area contributed by atoms with Gasteiger partial charge in [-0.25, -0.2) is 0 Å². The summed E-state index contributed by atoms with van der Waals surface area (Å²) in [6, 6.07) is 10.9. The molecule has 0 atom stereocenters. The number of hydrogen-bond donors (Lipinski definition) is 0.